The molecule has 3 nitrogen and oxygen atoms in total. The van der Waals surface area contributed by atoms with Gasteiger partial charge in [-0.1, -0.05) is 60.7 Å². The highest BCUT2D eigenvalue weighted by Crippen LogP contribution is 2.32. The second-order valence-corrected chi connectivity index (χ2v) is 6.02. The maximum Gasteiger partial charge on any atom is 0.335 e. The first-order chi connectivity index (χ1) is 12.7. The molecule has 4 aromatic rings. The first kappa shape index (κ1) is 15.9. The zero-order valence-corrected chi connectivity index (χ0v) is 14.0. The Morgan fingerprint density at radius 2 is 1.08 bits per heavy atom. The van der Waals surface area contributed by atoms with E-state index >= 15 is 0 Å². The van der Waals surface area contributed by atoms with Crippen LogP contribution in [0.2, 0.25) is 0 Å². The van der Waals surface area contributed by atoms with Gasteiger partial charge in [0.05, 0.1) is 17.0 Å². The third-order valence-corrected chi connectivity index (χ3v) is 4.39. The second-order valence-electron chi connectivity index (χ2n) is 6.02. The fourth-order valence-electron chi connectivity index (χ4n) is 3.14. The van der Waals surface area contributed by atoms with Gasteiger partial charge in [-0.05, 0) is 47.5 Å². The van der Waals surface area contributed by atoms with Crippen LogP contribution in [-0.2, 0) is 0 Å². The van der Waals surface area contributed by atoms with E-state index in [0.717, 1.165) is 28.2 Å². The third kappa shape index (κ3) is 2.91. The Morgan fingerprint density at radius 3 is 1.50 bits per heavy atom. The van der Waals surface area contributed by atoms with Crippen molar-refractivity contribution in [3.8, 4) is 28.2 Å². The van der Waals surface area contributed by atoms with Gasteiger partial charge >= 0.3 is 5.97 Å². The molecule has 0 spiro atoms. The van der Waals surface area contributed by atoms with Crippen molar-refractivity contribution in [2.24, 2.45) is 0 Å². The number of hydrogen-bond donors (Lipinski definition) is 1. The Labute approximate surface area is 151 Å². The zero-order chi connectivity index (χ0) is 17.9. The number of hydrogen-bond acceptors (Lipinski definition) is 1. The fraction of sp³-hybridized carbons (Fsp3) is 0. The van der Waals surface area contributed by atoms with Crippen LogP contribution < -0.4 is 0 Å². The largest absolute Gasteiger partial charge is 0.478 e. The number of rotatable bonds is 4. The molecule has 0 radical (unpaired) electrons. The summed E-state index contributed by atoms with van der Waals surface area (Å²) < 4.78 is 2.16. The Kier molecular flexibility index (Phi) is 4.12. The molecule has 0 saturated heterocycles. The van der Waals surface area contributed by atoms with Crippen LogP contribution in [0.5, 0.6) is 0 Å². The predicted octanol–water partition coefficient (Wildman–Crippen LogP) is 5.51. The summed E-state index contributed by atoms with van der Waals surface area (Å²) in [5.74, 6) is -0.921. The van der Waals surface area contributed by atoms with Gasteiger partial charge in [-0.15, -0.1) is 0 Å². The molecule has 0 amide bonds. The Balaban J connectivity index is 1.92. The molecule has 0 atom stereocenters. The van der Waals surface area contributed by atoms with Gasteiger partial charge in [0.2, 0.25) is 0 Å². The van der Waals surface area contributed by atoms with Crippen molar-refractivity contribution in [1.29, 1.82) is 0 Å². The van der Waals surface area contributed by atoms with E-state index in [1.807, 2.05) is 48.5 Å². The van der Waals surface area contributed by atoms with Crippen LogP contribution in [0.1, 0.15) is 10.4 Å². The number of carbonyl (C=O) groups is 1. The van der Waals surface area contributed by atoms with Crippen LogP contribution in [-0.4, -0.2) is 15.6 Å². The van der Waals surface area contributed by atoms with Crippen molar-refractivity contribution in [3.05, 3.63) is 103 Å². The van der Waals surface area contributed by atoms with Crippen molar-refractivity contribution >= 4 is 5.97 Å². The van der Waals surface area contributed by atoms with Crippen molar-refractivity contribution in [2.75, 3.05) is 0 Å². The van der Waals surface area contributed by atoms with Crippen LogP contribution in [0, 0.1) is 0 Å². The van der Waals surface area contributed by atoms with Crippen LogP contribution in [0.15, 0.2) is 97.1 Å². The monoisotopic (exact) mass is 339 g/mol. The van der Waals surface area contributed by atoms with Gasteiger partial charge in [-0.3, -0.25) is 0 Å². The van der Waals surface area contributed by atoms with Crippen LogP contribution in [0.4, 0.5) is 0 Å². The lowest BCUT2D eigenvalue weighted by molar-refractivity contribution is 0.0697. The summed E-state index contributed by atoms with van der Waals surface area (Å²) in [7, 11) is 0. The molecular formula is C23H17NO2. The minimum Gasteiger partial charge on any atom is -0.478 e. The van der Waals surface area contributed by atoms with Gasteiger partial charge in [0.15, 0.2) is 0 Å². The summed E-state index contributed by atoms with van der Waals surface area (Å²) in [6, 6.07) is 31.5. The summed E-state index contributed by atoms with van der Waals surface area (Å²) in [6.45, 7) is 0. The number of benzene rings is 3. The number of aromatic carboxylic acids is 1. The molecular weight excluding hydrogens is 322 g/mol. The van der Waals surface area contributed by atoms with E-state index in [1.54, 1.807) is 12.1 Å². The van der Waals surface area contributed by atoms with Gasteiger partial charge in [0, 0.05) is 5.69 Å². The van der Waals surface area contributed by atoms with Crippen molar-refractivity contribution < 1.29 is 9.90 Å². The maximum atomic E-state index is 11.2. The Bertz CT molecular complexity index is 976. The lowest BCUT2D eigenvalue weighted by Gasteiger charge is -2.14. The van der Waals surface area contributed by atoms with E-state index in [-0.39, 0.29) is 5.56 Å². The molecule has 0 fully saturated rings. The highest BCUT2D eigenvalue weighted by Gasteiger charge is 2.14. The summed E-state index contributed by atoms with van der Waals surface area (Å²) >= 11 is 0. The lowest BCUT2D eigenvalue weighted by Crippen LogP contribution is -2.01. The fourth-order valence-corrected chi connectivity index (χ4v) is 3.14. The molecule has 0 aliphatic heterocycles. The minimum atomic E-state index is -0.921. The number of carboxylic acids is 1. The van der Waals surface area contributed by atoms with E-state index in [0.29, 0.717) is 0 Å². The summed E-state index contributed by atoms with van der Waals surface area (Å²) in [5, 5.41) is 9.16. The minimum absolute atomic E-state index is 0.281. The van der Waals surface area contributed by atoms with Gasteiger partial charge in [0.25, 0.3) is 0 Å². The molecule has 1 heterocycles. The van der Waals surface area contributed by atoms with Gasteiger partial charge < -0.3 is 9.67 Å². The second kappa shape index (κ2) is 6.73. The lowest BCUT2D eigenvalue weighted by atomic mass is 10.1. The highest BCUT2D eigenvalue weighted by molar-refractivity contribution is 5.88. The van der Waals surface area contributed by atoms with E-state index in [4.69, 9.17) is 5.11 Å². The first-order valence-electron chi connectivity index (χ1n) is 8.40. The average molecular weight is 339 g/mol. The molecule has 0 unspecified atom stereocenters. The van der Waals surface area contributed by atoms with E-state index in [9.17, 15) is 4.79 Å². The molecule has 1 N–H and O–H groups in total. The van der Waals surface area contributed by atoms with E-state index in [1.165, 1.54) is 0 Å². The topological polar surface area (TPSA) is 42.2 Å². The van der Waals surface area contributed by atoms with E-state index < -0.39 is 5.97 Å². The van der Waals surface area contributed by atoms with Crippen molar-refractivity contribution in [1.82, 2.24) is 4.57 Å². The molecule has 26 heavy (non-hydrogen) atoms. The summed E-state index contributed by atoms with van der Waals surface area (Å²) in [4.78, 5) is 11.2. The molecule has 126 valence electrons. The maximum absolute atomic E-state index is 11.2. The predicted molar refractivity (Wildman–Crippen MR) is 104 cm³/mol. The van der Waals surface area contributed by atoms with Crippen LogP contribution in [0.25, 0.3) is 28.2 Å². The molecule has 0 aliphatic carbocycles. The molecule has 1 aromatic heterocycles. The number of nitrogens with zero attached hydrogens (tertiary/aromatic N) is 1. The van der Waals surface area contributed by atoms with Crippen LogP contribution >= 0.6 is 0 Å². The normalized spacial score (nSPS) is 10.6. The molecule has 4 rings (SSSR count). The van der Waals surface area contributed by atoms with Crippen molar-refractivity contribution in [2.45, 2.75) is 0 Å². The molecule has 0 saturated carbocycles. The van der Waals surface area contributed by atoms with Crippen LogP contribution in [0.3, 0.4) is 0 Å². The third-order valence-electron chi connectivity index (χ3n) is 4.39. The Morgan fingerprint density at radius 1 is 0.615 bits per heavy atom. The number of carboxylic acid groups (broad SMARTS) is 1. The quantitative estimate of drug-likeness (QED) is 0.533. The molecule has 0 bridgehead atoms. The first-order valence-corrected chi connectivity index (χ1v) is 8.40. The molecule has 3 heteroatoms. The average Bonchev–Trinajstić information content (AvgIpc) is 3.14. The summed E-state index contributed by atoms with van der Waals surface area (Å²) in [6.07, 6.45) is 0. The van der Waals surface area contributed by atoms with Gasteiger partial charge in [-0.25, -0.2) is 4.79 Å². The SMILES string of the molecule is O=C(O)c1ccc(-n2c(-c3ccccc3)ccc2-c2ccccc2)cc1. The molecule has 0 aliphatic rings. The Hall–Kier alpha value is -3.59. The number of aromatic nitrogens is 1. The van der Waals surface area contributed by atoms with Gasteiger partial charge in [-0.2, -0.15) is 0 Å². The van der Waals surface area contributed by atoms with Gasteiger partial charge in [0.1, 0.15) is 0 Å². The zero-order valence-electron chi connectivity index (χ0n) is 14.0. The highest BCUT2D eigenvalue weighted by atomic mass is 16.4. The molecule has 3 aromatic carbocycles. The van der Waals surface area contributed by atoms with Crippen molar-refractivity contribution in [3.63, 3.8) is 0 Å². The standard InChI is InChI=1S/C23H17NO2/c25-23(26)19-11-13-20(14-12-19)24-21(17-7-3-1-4-8-17)15-16-22(24)18-9-5-2-6-10-18/h1-16H,(H,25,26). The van der Waals surface area contributed by atoms with E-state index in [2.05, 4.69) is 41.0 Å². The summed E-state index contributed by atoms with van der Waals surface area (Å²) in [5.41, 5.74) is 5.55. The smallest absolute Gasteiger partial charge is 0.335 e.